The highest BCUT2D eigenvalue weighted by Crippen LogP contribution is 2.40. The molecule has 6 atom stereocenters. The number of aryl methyl sites for hydroxylation is 1. The maximum absolute atomic E-state index is 14.4. The number of β-amino-alcohol motifs (C(OH)–C–C–N with tert-alkyl or cyclic N) is 1. The van der Waals surface area contributed by atoms with Crippen LogP contribution in [-0.2, 0) is 14.3 Å². The molecule has 2 aromatic carbocycles. The van der Waals surface area contributed by atoms with Crippen LogP contribution in [0.2, 0.25) is 0 Å². The number of nitrogens with one attached hydrogen (secondary N) is 1. The second-order valence-electron chi connectivity index (χ2n) is 20.7. The predicted molar refractivity (Wildman–Crippen MR) is 293 cm³/mol. The first kappa shape index (κ1) is 53.5. The van der Waals surface area contributed by atoms with Gasteiger partial charge in [-0.3, -0.25) is 19.4 Å². The Balaban J connectivity index is 0.665. The van der Waals surface area contributed by atoms with Crippen LogP contribution in [0.15, 0.2) is 89.0 Å². The predicted octanol–water partition coefficient (Wildman–Crippen LogP) is 5.77. The normalized spacial score (nSPS) is 20.7. The number of aliphatic hydroxyl groups excluding tert-OH is 1. The van der Waals surface area contributed by atoms with Gasteiger partial charge in [0.1, 0.15) is 30.9 Å². The Labute approximate surface area is 453 Å². The second kappa shape index (κ2) is 24.2. The maximum atomic E-state index is 14.4. The highest BCUT2D eigenvalue weighted by Gasteiger charge is 2.44. The Kier molecular flexibility index (Phi) is 16.8. The molecule has 2 bridgehead atoms. The van der Waals surface area contributed by atoms with E-state index in [1.807, 2.05) is 81.9 Å². The number of nitrogens with two attached hydrogens (primary N) is 1. The van der Waals surface area contributed by atoms with E-state index in [2.05, 4.69) is 62.4 Å². The molecule has 4 saturated heterocycles. The summed E-state index contributed by atoms with van der Waals surface area (Å²) < 4.78 is 23.9. The summed E-state index contributed by atoms with van der Waals surface area (Å²) in [5.74, 6) is 0.161. The van der Waals surface area contributed by atoms with Crippen molar-refractivity contribution in [2.24, 2.45) is 5.92 Å². The van der Waals surface area contributed by atoms with E-state index < -0.39 is 24.1 Å². The molecular formula is C56H70N12O8S. The molecule has 77 heavy (non-hydrogen) atoms. The molecule has 6 aromatic rings. The molecular weight excluding hydrogens is 1000 g/mol. The fourth-order valence-corrected chi connectivity index (χ4v) is 12.1. The van der Waals surface area contributed by atoms with Crippen LogP contribution >= 0.6 is 11.3 Å². The zero-order valence-electron chi connectivity index (χ0n) is 44.2. The fraction of sp³-hybridized carbons (Fsp3) is 0.482. The summed E-state index contributed by atoms with van der Waals surface area (Å²) in [6.45, 7) is 16.0. The number of carbonyl (C=O) groups excluding carboxylic acids is 2. The van der Waals surface area contributed by atoms with Gasteiger partial charge in [0.25, 0.3) is 5.88 Å². The first-order valence-electron chi connectivity index (χ1n) is 26.9. The molecule has 0 radical (unpaired) electrons. The number of aliphatic hydroxyl groups is 1. The molecule has 4 fully saturated rings. The molecule has 10 rings (SSSR count). The van der Waals surface area contributed by atoms with E-state index in [9.17, 15) is 19.8 Å². The van der Waals surface area contributed by atoms with E-state index in [-0.39, 0.29) is 55.1 Å². The molecule has 4 aliphatic rings. The van der Waals surface area contributed by atoms with Crippen molar-refractivity contribution in [1.29, 1.82) is 0 Å². The number of para-hydroxylation sites is 1. The third-order valence-corrected chi connectivity index (χ3v) is 16.3. The number of amides is 2. The van der Waals surface area contributed by atoms with Crippen molar-refractivity contribution in [2.75, 3.05) is 101 Å². The number of hydrogen-bond acceptors (Lipinski definition) is 19. The number of fused-ring (bicyclic) bond motifs is 2. The SMILES string of the molecule is CCOC[C@H](NC(=O)[C@@H]1C[C@@H](O)CN1C(=O)[C@@H](c1cc(OCCN2CCN(CCOc3cc(N4C5CCC4CN(c4cc(-c6ccccc6O)nnc4N)C5)ccn3)CC2)no1)C(C)C)c1ccc(-c2scnc2C)cc1. The van der Waals surface area contributed by atoms with E-state index in [0.717, 1.165) is 91.7 Å². The van der Waals surface area contributed by atoms with Crippen molar-refractivity contribution in [2.45, 2.75) is 83.1 Å². The Morgan fingerprint density at radius 1 is 0.896 bits per heavy atom. The van der Waals surface area contributed by atoms with Crippen molar-refractivity contribution in [1.82, 2.24) is 45.3 Å². The summed E-state index contributed by atoms with van der Waals surface area (Å²) in [5, 5.41) is 37.1. The number of benzene rings is 2. The maximum Gasteiger partial charge on any atom is 0.254 e. The molecule has 0 aliphatic carbocycles. The van der Waals surface area contributed by atoms with E-state index in [4.69, 9.17) is 24.5 Å². The fourth-order valence-electron chi connectivity index (χ4n) is 11.3. The quantitative estimate of drug-likeness (QED) is 0.0669. The minimum Gasteiger partial charge on any atom is -0.507 e. The number of carbonyl (C=O) groups is 2. The number of likely N-dealkylation sites (tertiary alicyclic amines) is 1. The lowest BCUT2D eigenvalue weighted by molar-refractivity contribution is -0.141. The van der Waals surface area contributed by atoms with Crippen molar-refractivity contribution < 1.29 is 38.5 Å². The second-order valence-corrected chi connectivity index (χ2v) is 21.6. The average molecular weight is 1070 g/mol. The van der Waals surface area contributed by atoms with Gasteiger partial charge in [-0.25, -0.2) is 9.97 Å². The molecule has 0 spiro atoms. The van der Waals surface area contributed by atoms with Crippen LogP contribution in [0.1, 0.15) is 69.0 Å². The number of piperazine rings is 2. The molecule has 4 aliphatic heterocycles. The highest BCUT2D eigenvalue weighted by atomic mass is 32.1. The van der Waals surface area contributed by atoms with Gasteiger partial charge < -0.3 is 54.7 Å². The minimum atomic E-state index is -0.884. The number of rotatable bonds is 21. The van der Waals surface area contributed by atoms with Gasteiger partial charge in [-0.2, -0.15) is 0 Å². The van der Waals surface area contributed by atoms with Crippen LogP contribution in [0.5, 0.6) is 17.5 Å². The topological polar surface area (TPSA) is 234 Å². The number of nitrogen functional groups attached to an aromatic ring is 1. The molecule has 0 saturated carbocycles. The van der Waals surface area contributed by atoms with E-state index >= 15 is 0 Å². The number of phenolic OH excluding ortho intramolecular Hbond substituents is 1. The minimum absolute atomic E-state index is 0.0258. The molecule has 408 valence electrons. The van der Waals surface area contributed by atoms with Crippen molar-refractivity contribution in [3.8, 4) is 39.2 Å². The lowest BCUT2D eigenvalue weighted by atomic mass is 9.91. The number of aromatic nitrogens is 5. The van der Waals surface area contributed by atoms with Crippen molar-refractivity contribution in [3.05, 3.63) is 102 Å². The lowest BCUT2D eigenvalue weighted by Crippen LogP contribution is -2.54. The molecule has 4 aromatic heterocycles. The Morgan fingerprint density at radius 3 is 2.29 bits per heavy atom. The summed E-state index contributed by atoms with van der Waals surface area (Å²) >= 11 is 1.58. The first-order valence-corrected chi connectivity index (χ1v) is 27.7. The summed E-state index contributed by atoms with van der Waals surface area (Å²) in [5.41, 5.74) is 14.2. The van der Waals surface area contributed by atoms with Gasteiger partial charge in [-0.1, -0.05) is 50.2 Å². The summed E-state index contributed by atoms with van der Waals surface area (Å²) in [4.78, 5) is 49.5. The van der Waals surface area contributed by atoms with Gasteiger partial charge in [-0.05, 0) is 73.2 Å². The Hall–Kier alpha value is -6.91. The number of hydrogen-bond donors (Lipinski definition) is 4. The van der Waals surface area contributed by atoms with Gasteiger partial charge >= 0.3 is 0 Å². The number of nitrogens with zero attached hydrogens (tertiary/aromatic N) is 10. The largest absolute Gasteiger partial charge is 0.507 e. The smallest absolute Gasteiger partial charge is 0.254 e. The van der Waals surface area contributed by atoms with Crippen molar-refractivity contribution >= 4 is 40.3 Å². The number of pyridine rings is 1. The number of anilines is 3. The molecule has 8 heterocycles. The summed E-state index contributed by atoms with van der Waals surface area (Å²) in [6, 6.07) is 22.0. The molecule has 2 unspecified atom stereocenters. The van der Waals surface area contributed by atoms with Gasteiger partial charge in [0.15, 0.2) is 11.6 Å². The summed E-state index contributed by atoms with van der Waals surface area (Å²) in [7, 11) is 0. The van der Waals surface area contributed by atoms with Crippen LogP contribution in [0.4, 0.5) is 17.2 Å². The average Bonchev–Trinajstić information content (AvgIpc) is 4.24. The van der Waals surface area contributed by atoms with Crippen LogP contribution in [0.3, 0.4) is 0 Å². The van der Waals surface area contributed by atoms with Crippen molar-refractivity contribution in [3.63, 3.8) is 0 Å². The third-order valence-electron chi connectivity index (χ3n) is 15.3. The molecule has 20 nitrogen and oxygen atoms in total. The van der Waals surface area contributed by atoms with Gasteiger partial charge in [-0.15, -0.1) is 21.5 Å². The monoisotopic (exact) mass is 1070 g/mol. The van der Waals surface area contributed by atoms with E-state index in [0.29, 0.717) is 61.0 Å². The summed E-state index contributed by atoms with van der Waals surface area (Å²) in [6.07, 6.45) is 3.21. The van der Waals surface area contributed by atoms with E-state index in [1.54, 1.807) is 29.5 Å². The number of thiazole rings is 1. The molecule has 2 amide bonds. The van der Waals surface area contributed by atoms with Gasteiger partial charge in [0.2, 0.25) is 17.7 Å². The zero-order chi connectivity index (χ0) is 53.6. The molecule has 21 heteroatoms. The zero-order valence-corrected chi connectivity index (χ0v) is 45.1. The number of ether oxygens (including phenoxy) is 3. The first-order chi connectivity index (χ1) is 37.4. The lowest BCUT2D eigenvalue weighted by Gasteiger charge is -2.43. The molecule has 5 N–H and O–H groups in total. The van der Waals surface area contributed by atoms with Gasteiger partial charge in [0, 0.05) is 114 Å². The Bertz CT molecular complexity index is 2940. The highest BCUT2D eigenvalue weighted by molar-refractivity contribution is 7.13. The number of aromatic hydroxyl groups is 1. The van der Waals surface area contributed by atoms with Crippen LogP contribution < -0.4 is 30.3 Å². The third kappa shape index (κ3) is 12.3. The van der Waals surface area contributed by atoms with Gasteiger partial charge in [0.05, 0.1) is 46.2 Å². The van der Waals surface area contributed by atoms with E-state index in [1.165, 1.54) is 4.90 Å². The van der Waals surface area contributed by atoms with Crippen LogP contribution in [0, 0.1) is 12.8 Å². The van der Waals surface area contributed by atoms with Crippen LogP contribution in [0.25, 0.3) is 21.7 Å². The standard InChI is InChI=1S/C56H70N12O8S/c1-5-73-33-45(37-10-12-38(13-11-37)53-36(4)59-34-77-53)60-55(71)47-27-42(69)32-67(47)56(72)52(35(2)3)49-29-51(63-76-49)75-25-23-65-20-18-64(19-21-65)22-24-74-50-26-39(16-17-58-50)68-40-14-15-41(68)31-66(30-40)46-28-44(61-62-54(46)57)43-8-6-7-9-48(43)70/h6-13,16-17,26,28-29,34-35,40-42,45,47,52,69-70H,5,14-15,18-25,27,30-33H2,1-4H3,(H2,57,62)(H,60,71)/t40?,41?,42-,45+,47+,52-/m1/s1. The number of phenols is 1. The van der Waals surface area contributed by atoms with Crippen LogP contribution in [-0.4, -0.2) is 172 Å². The Morgan fingerprint density at radius 2 is 1.61 bits per heavy atom.